The van der Waals surface area contributed by atoms with E-state index in [1.54, 1.807) is 12.1 Å². The number of nitrogens with one attached hydrogen (secondary N) is 1. The number of carbonyl (C=O) groups is 2. The highest BCUT2D eigenvalue weighted by Crippen LogP contribution is 2.35. The minimum Gasteiger partial charge on any atom is -0.464 e. The molecule has 1 aromatic carbocycles. The average molecular weight is 350 g/mol. The molecule has 3 rings (SSSR count). The van der Waals surface area contributed by atoms with E-state index < -0.39 is 23.2 Å². The van der Waals surface area contributed by atoms with Crippen LogP contribution in [-0.4, -0.2) is 29.4 Å². The maximum Gasteiger partial charge on any atom is 0.281 e. The molecule has 8 heteroatoms. The van der Waals surface area contributed by atoms with E-state index in [2.05, 4.69) is 10.3 Å². The molecular formula is C16H13ClFN3O3. The Balaban J connectivity index is 1.93. The van der Waals surface area contributed by atoms with Gasteiger partial charge in [-0.05, 0) is 37.3 Å². The molecule has 1 N–H and O–H groups in total. The van der Waals surface area contributed by atoms with Gasteiger partial charge in [0.1, 0.15) is 5.82 Å². The van der Waals surface area contributed by atoms with E-state index in [1.165, 1.54) is 37.2 Å². The summed E-state index contributed by atoms with van der Waals surface area (Å²) >= 11 is 5.68. The SMILES string of the molecule is CN1C(=O)[C@](C)(C(=O)Nc2ccc(Cl)cc2F)Oc2cccnc21. The fourth-order valence-corrected chi connectivity index (χ4v) is 2.53. The van der Waals surface area contributed by atoms with Gasteiger partial charge in [-0.25, -0.2) is 9.37 Å². The number of anilines is 2. The molecule has 1 atom stereocenters. The van der Waals surface area contributed by atoms with Crippen molar-refractivity contribution < 1.29 is 18.7 Å². The van der Waals surface area contributed by atoms with E-state index in [4.69, 9.17) is 16.3 Å². The van der Waals surface area contributed by atoms with Crippen LogP contribution in [0.2, 0.25) is 5.02 Å². The summed E-state index contributed by atoms with van der Waals surface area (Å²) in [7, 11) is 1.49. The van der Waals surface area contributed by atoms with Crippen molar-refractivity contribution in [2.45, 2.75) is 12.5 Å². The molecule has 0 aliphatic carbocycles. The van der Waals surface area contributed by atoms with Gasteiger partial charge in [0.25, 0.3) is 17.4 Å². The van der Waals surface area contributed by atoms with Crippen molar-refractivity contribution >= 4 is 34.9 Å². The van der Waals surface area contributed by atoms with E-state index >= 15 is 0 Å². The van der Waals surface area contributed by atoms with Gasteiger partial charge >= 0.3 is 0 Å². The van der Waals surface area contributed by atoms with Gasteiger partial charge in [0.15, 0.2) is 11.6 Å². The maximum atomic E-state index is 13.9. The highest BCUT2D eigenvalue weighted by molar-refractivity contribution is 6.30. The highest BCUT2D eigenvalue weighted by atomic mass is 35.5. The van der Waals surface area contributed by atoms with E-state index in [1.807, 2.05) is 0 Å². The largest absolute Gasteiger partial charge is 0.464 e. The van der Waals surface area contributed by atoms with Gasteiger partial charge in [-0.2, -0.15) is 0 Å². The Morgan fingerprint density at radius 3 is 2.88 bits per heavy atom. The predicted octanol–water partition coefficient (Wildman–Crippen LogP) is 2.63. The molecule has 0 saturated carbocycles. The highest BCUT2D eigenvalue weighted by Gasteiger charge is 2.50. The summed E-state index contributed by atoms with van der Waals surface area (Å²) in [5.41, 5.74) is -1.95. The summed E-state index contributed by atoms with van der Waals surface area (Å²) in [6.45, 7) is 1.32. The molecule has 0 unspecified atom stereocenters. The second kappa shape index (κ2) is 5.76. The molecule has 6 nitrogen and oxygen atoms in total. The zero-order valence-electron chi connectivity index (χ0n) is 12.8. The van der Waals surface area contributed by atoms with Gasteiger partial charge in [-0.3, -0.25) is 14.5 Å². The standard InChI is InChI=1S/C16H13ClFN3O3/c1-16(14(22)20-11-6-5-9(17)8-10(11)18)15(23)21(2)13-12(24-16)4-3-7-19-13/h3-8H,1-2H3,(H,20,22)/t16-/m0/s1. The number of benzene rings is 1. The molecule has 2 amide bonds. The third-order valence-corrected chi connectivity index (χ3v) is 3.94. The first-order valence-electron chi connectivity index (χ1n) is 7.01. The fraction of sp³-hybridized carbons (Fsp3) is 0.188. The summed E-state index contributed by atoms with van der Waals surface area (Å²) in [5.74, 6) is -1.52. The lowest BCUT2D eigenvalue weighted by Gasteiger charge is -2.36. The van der Waals surface area contributed by atoms with Gasteiger partial charge in [-0.1, -0.05) is 11.6 Å². The lowest BCUT2D eigenvalue weighted by molar-refractivity contribution is -0.145. The molecule has 124 valence electrons. The molecule has 2 aromatic rings. The number of aromatic nitrogens is 1. The molecule has 2 heterocycles. The number of amides is 2. The Labute approximate surface area is 142 Å². The number of nitrogens with zero attached hydrogens (tertiary/aromatic N) is 2. The fourth-order valence-electron chi connectivity index (χ4n) is 2.37. The molecule has 0 radical (unpaired) electrons. The first-order chi connectivity index (χ1) is 11.3. The minimum absolute atomic E-state index is 0.0957. The number of carbonyl (C=O) groups excluding carboxylic acids is 2. The first kappa shape index (κ1) is 16.2. The number of hydrogen-bond donors (Lipinski definition) is 1. The maximum absolute atomic E-state index is 13.9. The molecule has 0 saturated heterocycles. The second-order valence-electron chi connectivity index (χ2n) is 5.40. The Hall–Kier alpha value is -2.67. The van der Waals surface area contributed by atoms with Crippen molar-refractivity contribution in [3.8, 4) is 5.75 Å². The lowest BCUT2D eigenvalue weighted by atomic mass is 10.0. The van der Waals surface area contributed by atoms with Crippen LogP contribution in [0.5, 0.6) is 5.75 Å². The van der Waals surface area contributed by atoms with Crippen LogP contribution in [0, 0.1) is 5.82 Å². The molecule has 1 aliphatic rings. The van der Waals surface area contributed by atoms with Crippen LogP contribution in [0.3, 0.4) is 0 Å². The van der Waals surface area contributed by atoms with Gasteiger partial charge < -0.3 is 10.1 Å². The van der Waals surface area contributed by atoms with Crippen LogP contribution in [0.15, 0.2) is 36.5 Å². The average Bonchev–Trinajstić information content (AvgIpc) is 2.55. The van der Waals surface area contributed by atoms with Crippen molar-refractivity contribution in [2.75, 3.05) is 17.3 Å². The molecule has 1 aromatic heterocycles. The quantitative estimate of drug-likeness (QED) is 0.846. The van der Waals surface area contributed by atoms with Gasteiger partial charge in [0.2, 0.25) is 0 Å². The van der Waals surface area contributed by atoms with Crippen molar-refractivity contribution in [3.63, 3.8) is 0 Å². The van der Waals surface area contributed by atoms with Crippen LogP contribution in [0.1, 0.15) is 6.92 Å². The normalized spacial score (nSPS) is 19.5. The van der Waals surface area contributed by atoms with Crippen molar-refractivity contribution in [3.05, 3.63) is 47.4 Å². The van der Waals surface area contributed by atoms with Crippen molar-refractivity contribution in [1.82, 2.24) is 4.98 Å². The first-order valence-corrected chi connectivity index (χ1v) is 7.39. The molecule has 1 aliphatic heterocycles. The van der Waals surface area contributed by atoms with Gasteiger partial charge in [0.05, 0.1) is 5.69 Å². The van der Waals surface area contributed by atoms with Crippen LogP contribution in [-0.2, 0) is 9.59 Å². The Kier molecular flexibility index (Phi) is 3.88. The molecular weight excluding hydrogens is 337 g/mol. The van der Waals surface area contributed by atoms with Gasteiger partial charge in [0, 0.05) is 18.3 Å². The van der Waals surface area contributed by atoms with Crippen molar-refractivity contribution in [2.24, 2.45) is 0 Å². The van der Waals surface area contributed by atoms with Crippen LogP contribution in [0.4, 0.5) is 15.9 Å². The topological polar surface area (TPSA) is 71.5 Å². The third-order valence-electron chi connectivity index (χ3n) is 3.71. The summed E-state index contributed by atoms with van der Waals surface area (Å²) in [6, 6.07) is 7.02. The summed E-state index contributed by atoms with van der Waals surface area (Å²) in [6.07, 6.45) is 1.51. The van der Waals surface area contributed by atoms with Crippen LogP contribution in [0.25, 0.3) is 0 Å². The van der Waals surface area contributed by atoms with Crippen LogP contribution >= 0.6 is 11.6 Å². The Morgan fingerprint density at radius 2 is 2.17 bits per heavy atom. The summed E-state index contributed by atoms with van der Waals surface area (Å²) < 4.78 is 19.5. The third kappa shape index (κ3) is 2.56. The van der Waals surface area contributed by atoms with E-state index in [0.717, 1.165) is 6.07 Å². The Morgan fingerprint density at radius 1 is 1.42 bits per heavy atom. The van der Waals surface area contributed by atoms with E-state index in [0.29, 0.717) is 5.82 Å². The van der Waals surface area contributed by atoms with Gasteiger partial charge in [-0.15, -0.1) is 0 Å². The van der Waals surface area contributed by atoms with Crippen molar-refractivity contribution in [1.29, 1.82) is 0 Å². The second-order valence-corrected chi connectivity index (χ2v) is 5.84. The predicted molar refractivity (Wildman–Crippen MR) is 86.7 cm³/mol. The molecule has 24 heavy (non-hydrogen) atoms. The Bertz CT molecular complexity index is 845. The smallest absolute Gasteiger partial charge is 0.281 e. The zero-order chi connectivity index (χ0) is 17.5. The number of halogens is 2. The zero-order valence-corrected chi connectivity index (χ0v) is 13.6. The molecule has 0 spiro atoms. The molecule has 0 fully saturated rings. The van der Waals surface area contributed by atoms with E-state index in [-0.39, 0.29) is 16.5 Å². The summed E-state index contributed by atoms with van der Waals surface area (Å²) in [4.78, 5) is 30.4. The number of fused-ring (bicyclic) bond motifs is 1. The number of ether oxygens (including phenoxy) is 1. The number of rotatable bonds is 2. The summed E-state index contributed by atoms with van der Waals surface area (Å²) in [5, 5.41) is 2.56. The monoisotopic (exact) mass is 349 g/mol. The van der Waals surface area contributed by atoms with E-state index in [9.17, 15) is 14.0 Å². The number of hydrogen-bond acceptors (Lipinski definition) is 4. The van der Waals surface area contributed by atoms with Crippen LogP contribution < -0.4 is 15.0 Å². The number of likely N-dealkylation sites (N-methyl/N-ethyl adjacent to an activating group) is 1. The lowest BCUT2D eigenvalue weighted by Crippen LogP contribution is -2.60. The number of pyridine rings is 1. The molecule has 0 bridgehead atoms. The minimum atomic E-state index is -1.85.